The molecule has 1 saturated heterocycles. The van der Waals surface area contributed by atoms with E-state index in [2.05, 4.69) is 6.07 Å². The second kappa shape index (κ2) is 7.46. The zero-order valence-corrected chi connectivity index (χ0v) is 16.6. The number of aliphatic hydroxyl groups is 1. The molecule has 1 amide bonds. The van der Waals surface area contributed by atoms with Crippen LogP contribution < -0.4 is 0 Å². The highest BCUT2D eigenvalue weighted by molar-refractivity contribution is 6.34. The average molecular weight is 404 g/mol. The van der Waals surface area contributed by atoms with Gasteiger partial charge in [0.2, 0.25) is 5.91 Å². The van der Waals surface area contributed by atoms with Crippen molar-refractivity contribution < 1.29 is 9.90 Å². The molecule has 1 aliphatic heterocycles. The number of rotatable bonds is 3. The third kappa shape index (κ3) is 3.37. The van der Waals surface area contributed by atoms with Crippen LogP contribution in [0, 0.1) is 0 Å². The fraction of sp³-hybridized carbons (Fsp3) is 0.409. The van der Waals surface area contributed by atoms with Crippen LogP contribution in [0.1, 0.15) is 44.1 Å². The summed E-state index contributed by atoms with van der Waals surface area (Å²) in [4.78, 5) is 14.8. The third-order valence-electron chi connectivity index (χ3n) is 5.93. The maximum absolute atomic E-state index is 12.8. The van der Waals surface area contributed by atoms with Gasteiger partial charge in [0, 0.05) is 35.0 Å². The van der Waals surface area contributed by atoms with E-state index in [0.29, 0.717) is 29.3 Å². The van der Waals surface area contributed by atoms with E-state index < -0.39 is 11.6 Å². The predicted octanol–water partition coefficient (Wildman–Crippen LogP) is 5.41. The number of benzene rings is 2. The molecule has 1 aliphatic carbocycles. The highest BCUT2D eigenvalue weighted by atomic mass is 35.5. The van der Waals surface area contributed by atoms with Crippen LogP contribution in [0.25, 0.3) is 11.1 Å². The van der Waals surface area contributed by atoms with Gasteiger partial charge in [0.15, 0.2) is 0 Å². The van der Waals surface area contributed by atoms with E-state index in [-0.39, 0.29) is 5.91 Å². The van der Waals surface area contributed by atoms with Gasteiger partial charge in [0.25, 0.3) is 0 Å². The van der Waals surface area contributed by atoms with E-state index in [1.807, 2.05) is 41.3 Å². The monoisotopic (exact) mass is 403 g/mol. The van der Waals surface area contributed by atoms with Crippen LogP contribution >= 0.6 is 23.2 Å². The molecule has 2 aliphatic rings. The third-order valence-corrected chi connectivity index (χ3v) is 6.48. The molecule has 2 atom stereocenters. The summed E-state index contributed by atoms with van der Waals surface area (Å²) in [6.45, 7) is 0.729. The number of aliphatic hydroxyl groups excluding tert-OH is 1. The Hall–Kier alpha value is -1.55. The molecule has 0 bridgehead atoms. The molecule has 0 spiro atoms. The van der Waals surface area contributed by atoms with Gasteiger partial charge in [-0.2, -0.15) is 0 Å². The van der Waals surface area contributed by atoms with Gasteiger partial charge in [-0.25, -0.2) is 0 Å². The van der Waals surface area contributed by atoms with Crippen molar-refractivity contribution in [3.05, 3.63) is 58.1 Å². The van der Waals surface area contributed by atoms with Crippen LogP contribution in [-0.2, 0) is 10.3 Å². The zero-order chi connectivity index (χ0) is 19.0. The highest BCUT2D eigenvalue weighted by Gasteiger charge is 2.48. The molecule has 2 aromatic rings. The summed E-state index contributed by atoms with van der Waals surface area (Å²) in [5.74, 6) is 0.173. The number of amides is 1. The summed E-state index contributed by atoms with van der Waals surface area (Å²) < 4.78 is 0. The molecule has 3 nitrogen and oxygen atoms in total. The Balaban J connectivity index is 1.91. The normalized spacial score (nSPS) is 25.8. The summed E-state index contributed by atoms with van der Waals surface area (Å²) in [6.07, 6.45) is 4.07. The van der Waals surface area contributed by atoms with Crippen molar-refractivity contribution in [2.24, 2.45) is 0 Å². The summed E-state index contributed by atoms with van der Waals surface area (Å²) in [5.41, 5.74) is 2.35. The van der Waals surface area contributed by atoms with E-state index in [1.165, 1.54) is 0 Å². The minimum absolute atomic E-state index is 0.173. The summed E-state index contributed by atoms with van der Waals surface area (Å²) in [5, 5.41) is 11.7. The van der Waals surface area contributed by atoms with Gasteiger partial charge < -0.3 is 10.0 Å². The Kier molecular flexibility index (Phi) is 5.19. The van der Waals surface area contributed by atoms with Crippen molar-refractivity contribution in [3.8, 4) is 11.1 Å². The molecule has 27 heavy (non-hydrogen) atoms. The predicted molar refractivity (Wildman–Crippen MR) is 109 cm³/mol. The van der Waals surface area contributed by atoms with Crippen LogP contribution in [0.4, 0.5) is 0 Å². The van der Waals surface area contributed by atoms with Gasteiger partial charge in [-0.15, -0.1) is 0 Å². The Labute approximate surface area is 169 Å². The molecule has 1 heterocycles. The highest BCUT2D eigenvalue weighted by Crippen LogP contribution is 2.50. The first-order valence-electron chi connectivity index (χ1n) is 9.55. The molecule has 4 rings (SSSR count). The largest absolute Gasteiger partial charge is 0.393 e. The zero-order valence-electron chi connectivity index (χ0n) is 15.1. The van der Waals surface area contributed by atoms with Gasteiger partial charge in [0.1, 0.15) is 0 Å². The van der Waals surface area contributed by atoms with E-state index in [1.54, 1.807) is 0 Å². The molecule has 2 fully saturated rings. The topological polar surface area (TPSA) is 40.5 Å². The van der Waals surface area contributed by atoms with Gasteiger partial charge in [-0.1, -0.05) is 47.5 Å². The van der Waals surface area contributed by atoms with Crippen molar-refractivity contribution in [1.29, 1.82) is 0 Å². The van der Waals surface area contributed by atoms with Crippen molar-refractivity contribution in [1.82, 2.24) is 4.90 Å². The number of carbonyl (C=O) groups excluding carboxylic acids is 1. The first kappa shape index (κ1) is 18.8. The minimum Gasteiger partial charge on any atom is -0.393 e. The van der Waals surface area contributed by atoms with Gasteiger partial charge in [-0.05, 0) is 55.0 Å². The Morgan fingerprint density at radius 3 is 2.63 bits per heavy atom. The SMILES string of the molecule is O=C1CCCCN1C1(c2cccc(Cl)c2-c2cccc(Cl)c2)CCC(O)C1. The molecular formula is C22H23Cl2NO2. The number of carbonyl (C=O) groups is 1. The number of nitrogens with zero attached hydrogens (tertiary/aromatic N) is 1. The minimum atomic E-state index is -0.514. The first-order valence-corrected chi connectivity index (χ1v) is 10.3. The number of piperidine rings is 1. The Morgan fingerprint density at radius 1 is 1.11 bits per heavy atom. The van der Waals surface area contributed by atoms with Crippen LogP contribution in [0.3, 0.4) is 0 Å². The van der Waals surface area contributed by atoms with E-state index >= 15 is 0 Å². The quantitative estimate of drug-likeness (QED) is 0.743. The van der Waals surface area contributed by atoms with Gasteiger partial charge in [0.05, 0.1) is 11.6 Å². The molecular weight excluding hydrogens is 381 g/mol. The standard InChI is InChI=1S/C22H23Cl2NO2/c23-16-6-3-5-15(13-16)21-18(7-4-8-19(21)24)22(11-10-17(26)14-22)25-12-2-1-9-20(25)27/h3-8,13,17,26H,1-2,9-12,14H2. The first-order chi connectivity index (χ1) is 13.0. The van der Waals surface area contributed by atoms with Crippen molar-refractivity contribution in [2.75, 3.05) is 6.54 Å². The van der Waals surface area contributed by atoms with Crippen LogP contribution in [-0.4, -0.2) is 28.6 Å². The molecule has 1 N–H and O–H groups in total. The second-order valence-corrected chi connectivity index (χ2v) is 8.45. The molecule has 0 aromatic heterocycles. The second-order valence-electron chi connectivity index (χ2n) is 7.60. The molecule has 5 heteroatoms. The summed E-state index contributed by atoms with van der Waals surface area (Å²) in [7, 11) is 0. The van der Waals surface area contributed by atoms with Gasteiger partial charge >= 0.3 is 0 Å². The van der Waals surface area contributed by atoms with Crippen LogP contribution in [0.5, 0.6) is 0 Å². The van der Waals surface area contributed by atoms with Crippen LogP contribution in [0.15, 0.2) is 42.5 Å². The Morgan fingerprint density at radius 2 is 1.93 bits per heavy atom. The van der Waals surface area contributed by atoms with Crippen molar-refractivity contribution in [3.63, 3.8) is 0 Å². The van der Waals surface area contributed by atoms with E-state index in [0.717, 1.165) is 42.5 Å². The molecule has 2 aromatic carbocycles. The lowest BCUT2D eigenvalue weighted by Gasteiger charge is -2.45. The lowest BCUT2D eigenvalue weighted by atomic mass is 9.80. The maximum Gasteiger partial charge on any atom is 0.223 e. The number of likely N-dealkylation sites (tertiary alicyclic amines) is 1. The molecule has 1 saturated carbocycles. The van der Waals surface area contributed by atoms with E-state index in [9.17, 15) is 9.90 Å². The van der Waals surface area contributed by atoms with Crippen molar-refractivity contribution >= 4 is 29.1 Å². The molecule has 0 radical (unpaired) electrons. The average Bonchev–Trinajstić information content (AvgIpc) is 3.04. The van der Waals surface area contributed by atoms with Crippen molar-refractivity contribution in [2.45, 2.75) is 50.2 Å². The summed E-state index contributed by atoms with van der Waals surface area (Å²) >= 11 is 12.9. The molecule has 2 unspecified atom stereocenters. The Bertz CT molecular complexity index is 869. The van der Waals surface area contributed by atoms with Gasteiger partial charge in [-0.3, -0.25) is 4.79 Å². The number of hydrogen-bond donors (Lipinski definition) is 1. The fourth-order valence-corrected chi connectivity index (χ4v) is 5.22. The summed E-state index contributed by atoms with van der Waals surface area (Å²) in [6, 6.07) is 13.5. The fourth-order valence-electron chi connectivity index (χ4n) is 4.74. The van der Waals surface area contributed by atoms with E-state index in [4.69, 9.17) is 23.2 Å². The number of halogens is 2. The number of hydrogen-bond acceptors (Lipinski definition) is 2. The smallest absolute Gasteiger partial charge is 0.223 e. The lowest BCUT2D eigenvalue weighted by Crippen LogP contribution is -2.50. The van der Waals surface area contributed by atoms with Crippen LogP contribution in [0.2, 0.25) is 10.0 Å². The maximum atomic E-state index is 12.8. The lowest BCUT2D eigenvalue weighted by molar-refractivity contribution is -0.141. The molecule has 142 valence electrons.